The zero-order valence-corrected chi connectivity index (χ0v) is 18.3. The van der Waals surface area contributed by atoms with Gasteiger partial charge in [0.2, 0.25) is 0 Å². The van der Waals surface area contributed by atoms with Crippen molar-refractivity contribution in [1.82, 2.24) is 15.3 Å². The van der Waals surface area contributed by atoms with Crippen LogP contribution in [0.5, 0.6) is 0 Å². The molecule has 0 aliphatic heterocycles. The smallest absolute Gasteiger partial charge is 0.323 e. The predicted molar refractivity (Wildman–Crippen MR) is 134 cm³/mol. The number of hydrogen-bond acceptors (Lipinski definition) is 6. The summed E-state index contributed by atoms with van der Waals surface area (Å²) in [5.74, 6) is 0.173. The van der Waals surface area contributed by atoms with Gasteiger partial charge in [-0.15, -0.1) is 0 Å². The van der Waals surface area contributed by atoms with E-state index in [1.807, 2.05) is 24.3 Å². The van der Waals surface area contributed by atoms with Crippen molar-refractivity contribution < 1.29 is 9.18 Å². The largest absolute Gasteiger partial charge is 0.393 e. The van der Waals surface area contributed by atoms with Crippen molar-refractivity contribution >= 4 is 51.6 Å². The molecule has 34 heavy (non-hydrogen) atoms. The van der Waals surface area contributed by atoms with Crippen molar-refractivity contribution in [2.24, 2.45) is 0 Å². The molecule has 0 aliphatic rings. The minimum absolute atomic E-state index is 0.356. The maximum atomic E-state index is 13.3. The fourth-order valence-corrected chi connectivity index (χ4v) is 3.37. The summed E-state index contributed by atoms with van der Waals surface area (Å²) < 4.78 is 13.3. The van der Waals surface area contributed by atoms with E-state index in [1.54, 1.807) is 37.5 Å². The minimum atomic E-state index is -0.487. The highest BCUT2D eigenvalue weighted by atomic mass is 19.1. The first-order valence-electron chi connectivity index (χ1n) is 10.4. The number of carbonyl (C=O) groups is 1. The molecule has 0 bridgehead atoms. The maximum absolute atomic E-state index is 13.3. The molecule has 0 atom stereocenters. The van der Waals surface area contributed by atoms with Gasteiger partial charge in [-0.25, -0.2) is 19.2 Å². The van der Waals surface area contributed by atoms with Gasteiger partial charge in [0.25, 0.3) is 0 Å². The molecule has 3 aromatic carbocycles. The van der Waals surface area contributed by atoms with Crippen LogP contribution in [0.2, 0.25) is 0 Å². The van der Waals surface area contributed by atoms with Gasteiger partial charge in [-0.2, -0.15) is 0 Å². The van der Waals surface area contributed by atoms with Gasteiger partial charge in [0.05, 0.1) is 5.52 Å². The van der Waals surface area contributed by atoms with Gasteiger partial charge in [-0.1, -0.05) is 18.2 Å². The lowest BCUT2D eigenvalue weighted by molar-refractivity contribution is 0.262. The summed E-state index contributed by atoms with van der Waals surface area (Å²) in [4.78, 5) is 21.0. The Kier molecular flexibility index (Phi) is 6.73. The molecule has 1 heterocycles. The topological polar surface area (TPSA) is 115 Å². The zero-order chi connectivity index (χ0) is 23.9. The number of aromatic nitrogens is 2. The fourth-order valence-electron chi connectivity index (χ4n) is 3.37. The summed E-state index contributed by atoms with van der Waals surface area (Å²) in [7, 11) is 1.78. The molecule has 0 saturated carbocycles. The Morgan fingerprint density at radius 2 is 1.68 bits per heavy atom. The van der Waals surface area contributed by atoms with Gasteiger partial charge >= 0.3 is 6.03 Å². The first-order valence-corrected chi connectivity index (χ1v) is 10.4. The van der Waals surface area contributed by atoms with Crippen LogP contribution in [-0.4, -0.2) is 29.3 Å². The number of anilines is 4. The second-order valence-corrected chi connectivity index (χ2v) is 7.28. The molecular weight excluding hydrogens is 433 g/mol. The number of halogens is 1. The summed E-state index contributed by atoms with van der Waals surface area (Å²) in [6.07, 6.45) is 4.49. The van der Waals surface area contributed by atoms with Gasteiger partial charge in [0, 0.05) is 47.5 Å². The third-order valence-electron chi connectivity index (χ3n) is 4.89. The Balaban J connectivity index is 1.52. The Labute approximate surface area is 195 Å². The van der Waals surface area contributed by atoms with Crippen LogP contribution in [0, 0.1) is 11.2 Å². The number of nitrogens with one attached hydrogen (secondary N) is 5. The first kappa shape index (κ1) is 22.4. The number of amides is 2. The highest BCUT2D eigenvalue weighted by Gasteiger charge is 2.09. The van der Waals surface area contributed by atoms with Gasteiger partial charge in [-0.05, 0) is 54.1 Å². The summed E-state index contributed by atoms with van der Waals surface area (Å²) in [6, 6.07) is 18.0. The average Bonchev–Trinajstić information content (AvgIpc) is 2.82. The zero-order valence-electron chi connectivity index (χ0n) is 18.3. The van der Waals surface area contributed by atoms with E-state index < -0.39 is 11.8 Å². The average molecular weight is 455 g/mol. The van der Waals surface area contributed by atoms with Gasteiger partial charge < -0.3 is 26.7 Å². The van der Waals surface area contributed by atoms with E-state index >= 15 is 0 Å². The Morgan fingerprint density at radius 1 is 0.941 bits per heavy atom. The molecule has 170 valence electrons. The van der Waals surface area contributed by atoms with Crippen molar-refractivity contribution in [2.45, 2.75) is 0 Å². The molecule has 4 rings (SSSR count). The normalized spacial score (nSPS) is 11.1. The monoisotopic (exact) mass is 455 g/mol. The van der Waals surface area contributed by atoms with Crippen molar-refractivity contribution in [2.75, 3.05) is 23.0 Å². The van der Waals surface area contributed by atoms with E-state index in [4.69, 9.17) is 5.41 Å². The standard InChI is InChI=1S/C25H22FN7O/c1-28-14-17(13-27)16-8-9-22-23(10-16)29-15-30-24(22)31-20-6-3-7-21(12-20)33-25(34)32-19-5-2-4-18(26)11-19/h2-15,27-28H,1H3,(H,29,30,31)(H2,32,33,34)/b17-14+,27-13?. The van der Waals surface area contributed by atoms with Crippen molar-refractivity contribution in [3.63, 3.8) is 0 Å². The van der Waals surface area contributed by atoms with Crippen LogP contribution in [0.25, 0.3) is 16.5 Å². The number of benzene rings is 3. The van der Waals surface area contributed by atoms with Crippen molar-refractivity contribution in [1.29, 1.82) is 5.41 Å². The van der Waals surface area contributed by atoms with E-state index in [0.29, 0.717) is 22.9 Å². The van der Waals surface area contributed by atoms with Crippen LogP contribution in [0.4, 0.5) is 32.1 Å². The van der Waals surface area contributed by atoms with Crippen molar-refractivity contribution in [3.05, 3.63) is 90.6 Å². The number of carbonyl (C=O) groups excluding carboxylic acids is 1. The third-order valence-corrected chi connectivity index (χ3v) is 4.89. The van der Waals surface area contributed by atoms with E-state index in [1.165, 1.54) is 30.7 Å². The first-order chi connectivity index (χ1) is 16.6. The third kappa shape index (κ3) is 5.33. The molecule has 0 fully saturated rings. The van der Waals surface area contributed by atoms with Crippen LogP contribution >= 0.6 is 0 Å². The summed E-state index contributed by atoms with van der Waals surface area (Å²) in [5, 5.41) is 19.9. The van der Waals surface area contributed by atoms with Gasteiger partial charge in [0.1, 0.15) is 18.0 Å². The van der Waals surface area contributed by atoms with Crippen LogP contribution in [0.15, 0.2) is 79.3 Å². The van der Waals surface area contributed by atoms with Crippen LogP contribution < -0.4 is 21.3 Å². The summed E-state index contributed by atoms with van der Waals surface area (Å²) in [6.45, 7) is 0. The van der Waals surface area contributed by atoms with E-state index in [9.17, 15) is 9.18 Å². The van der Waals surface area contributed by atoms with E-state index in [0.717, 1.165) is 22.0 Å². The molecule has 8 nitrogen and oxygen atoms in total. The van der Waals surface area contributed by atoms with Crippen LogP contribution in [0.3, 0.4) is 0 Å². The molecule has 1 aromatic heterocycles. The Morgan fingerprint density at radius 3 is 2.41 bits per heavy atom. The molecular formula is C25H22FN7O. The summed E-state index contributed by atoms with van der Waals surface area (Å²) in [5.41, 5.74) is 3.93. The second kappa shape index (κ2) is 10.2. The quantitative estimate of drug-likeness (QED) is 0.241. The second-order valence-electron chi connectivity index (χ2n) is 7.28. The summed E-state index contributed by atoms with van der Waals surface area (Å²) >= 11 is 0. The molecule has 0 unspecified atom stereocenters. The number of allylic oxidation sites excluding steroid dienone is 1. The highest BCUT2D eigenvalue weighted by Crippen LogP contribution is 2.26. The molecule has 5 N–H and O–H groups in total. The SMILES string of the molecule is CN/C=C(\C=N)c1ccc2c(Nc3cccc(NC(=O)Nc4cccc(F)c4)c3)ncnc2c1. The lowest BCUT2D eigenvalue weighted by atomic mass is 10.1. The van der Waals surface area contributed by atoms with E-state index in [2.05, 4.69) is 31.2 Å². The fraction of sp³-hybridized carbons (Fsp3) is 0.0400. The Bertz CT molecular complexity index is 1390. The molecule has 0 spiro atoms. The molecule has 2 amide bonds. The molecule has 9 heteroatoms. The molecule has 0 saturated heterocycles. The number of hydrogen-bond donors (Lipinski definition) is 5. The Hall–Kier alpha value is -4.79. The predicted octanol–water partition coefficient (Wildman–Crippen LogP) is 5.37. The van der Waals surface area contributed by atoms with Crippen molar-refractivity contribution in [3.8, 4) is 0 Å². The lowest BCUT2D eigenvalue weighted by Gasteiger charge is -2.12. The van der Waals surface area contributed by atoms with Crippen LogP contribution in [-0.2, 0) is 0 Å². The van der Waals surface area contributed by atoms with Gasteiger partial charge in [0.15, 0.2) is 0 Å². The highest BCUT2D eigenvalue weighted by molar-refractivity contribution is 6.09. The number of urea groups is 1. The van der Waals surface area contributed by atoms with Crippen LogP contribution in [0.1, 0.15) is 5.56 Å². The number of rotatable bonds is 7. The number of fused-ring (bicyclic) bond motifs is 1. The minimum Gasteiger partial charge on any atom is -0.393 e. The molecule has 4 aromatic rings. The number of nitrogens with zero attached hydrogens (tertiary/aromatic N) is 2. The lowest BCUT2D eigenvalue weighted by Crippen LogP contribution is -2.19. The van der Waals surface area contributed by atoms with E-state index in [-0.39, 0.29) is 0 Å². The molecule has 0 radical (unpaired) electrons. The molecule has 0 aliphatic carbocycles. The maximum Gasteiger partial charge on any atom is 0.323 e. The van der Waals surface area contributed by atoms with Gasteiger partial charge in [-0.3, -0.25) is 0 Å².